The fourth-order valence-corrected chi connectivity index (χ4v) is 4.03. The lowest BCUT2D eigenvalue weighted by Crippen LogP contribution is -2.47. The van der Waals surface area contributed by atoms with Crippen LogP contribution in [0, 0.1) is 9.49 Å². The van der Waals surface area contributed by atoms with Crippen LogP contribution < -0.4 is 5.32 Å². The van der Waals surface area contributed by atoms with Gasteiger partial charge in [-0.05, 0) is 59.0 Å². The summed E-state index contributed by atoms with van der Waals surface area (Å²) in [4.78, 5) is 2.68. The summed E-state index contributed by atoms with van der Waals surface area (Å²) in [5.74, 6) is 0.736. The highest BCUT2D eigenvalue weighted by atomic mass is 127. The number of halogens is 1. The van der Waals surface area contributed by atoms with Crippen molar-refractivity contribution in [1.29, 1.82) is 0 Å². The minimum Gasteiger partial charge on any atom is -0.381 e. The molecule has 20 heavy (non-hydrogen) atoms. The molecule has 3 nitrogen and oxygen atoms in total. The monoisotopic (exact) mass is 386 g/mol. The van der Waals surface area contributed by atoms with Crippen LogP contribution in [-0.4, -0.2) is 44.3 Å². The molecule has 2 aliphatic heterocycles. The van der Waals surface area contributed by atoms with E-state index in [0.717, 1.165) is 45.3 Å². The van der Waals surface area contributed by atoms with E-state index in [2.05, 4.69) is 57.1 Å². The quantitative estimate of drug-likeness (QED) is 0.809. The molecule has 2 fully saturated rings. The topological polar surface area (TPSA) is 24.5 Å². The predicted molar refractivity (Wildman–Crippen MR) is 89.9 cm³/mol. The Morgan fingerprint density at radius 2 is 1.95 bits per heavy atom. The van der Waals surface area contributed by atoms with Gasteiger partial charge in [-0.1, -0.05) is 12.1 Å². The molecule has 0 unspecified atom stereocenters. The number of rotatable bonds is 3. The second-order valence-electron chi connectivity index (χ2n) is 5.74. The summed E-state index contributed by atoms with van der Waals surface area (Å²) in [5.41, 5.74) is 1.49. The maximum absolute atomic E-state index is 5.56. The van der Waals surface area contributed by atoms with Gasteiger partial charge in [-0.15, -0.1) is 0 Å². The van der Waals surface area contributed by atoms with Crippen LogP contribution in [0.3, 0.4) is 0 Å². The standard InChI is InChI=1S/C16H23IN2O/c17-15-3-1-2-14(12-15)16(13-4-10-20-11-5-13)19-8-6-18-7-9-19/h1-3,12-13,16,18H,4-11H2/t16-/m1/s1. The minimum absolute atomic E-state index is 0.565. The van der Waals surface area contributed by atoms with Crippen molar-refractivity contribution in [3.63, 3.8) is 0 Å². The molecule has 0 aromatic heterocycles. The number of hydrogen-bond donors (Lipinski definition) is 1. The molecule has 0 saturated carbocycles. The third kappa shape index (κ3) is 3.53. The first-order valence-corrected chi connectivity index (χ1v) is 8.70. The molecule has 0 amide bonds. The van der Waals surface area contributed by atoms with Gasteiger partial charge in [-0.3, -0.25) is 4.90 Å². The normalized spacial score (nSPS) is 23.6. The van der Waals surface area contributed by atoms with Gasteiger partial charge in [0.05, 0.1) is 0 Å². The molecule has 1 aromatic carbocycles. The van der Waals surface area contributed by atoms with E-state index in [9.17, 15) is 0 Å². The SMILES string of the molecule is Ic1cccc([C@@H](C2CCOCC2)N2CCNCC2)c1. The zero-order valence-corrected chi connectivity index (χ0v) is 14.0. The molecule has 1 aromatic rings. The molecule has 2 saturated heterocycles. The Morgan fingerprint density at radius 1 is 1.20 bits per heavy atom. The number of hydrogen-bond acceptors (Lipinski definition) is 3. The predicted octanol–water partition coefficient (Wildman–Crippen LogP) is 2.66. The highest BCUT2D eigenvalue weighted by Crippen LogP contribution is 2.35. The molecule has 1 atom stereocenters. The van der Waals surface area contributed by atoms with Crippen LogP contribution in [0.25, 0.3) is 0 Å². The molecule has 0 radical (unpaired) electrons. The lowest BCUT2D eigenvalue weighted by atomic mass is 9.85. The number of benzene rings is 1. The van der Waals surface area contributed by atoms with E-state index < -0.39 is 0 Å². The van der Waals surface area contributed by atoms with Gasteiger partial charge in [0.25, 0.3) is 0 Å². The lowest BCUT2D eigenvalue weighted by molar-refractivity contribution is 0.0213. The van der Waals surface area contributed by atoms with E-state index in [0.29, 0.717) is 6.04 Å². The summed E-state index contributed by atoms with van der Waals surface area (Å²) in [6.07, 6.45) is 2.39. The maximum Gasteiger partial charge on any atom is 0.0469 e. The first kappa shape index (κ1) is 14.8. The van der Waals surface area contributed by atoms with Gasteiger partial charge >= 0.3 is 0 Å². The van der Waals surface area contributed by atoms with Crippen molar-refractivity contribution in [2.24, 2.45) is 5.92 Å². The molecule has 0 spiro atoms. The first-order valence-electron chi connectivity index (χ1n) is 7.62. The van der Waals surface area contributed by atoms with E-state index in [1.807, 2.05) is 0 Å². The molecular formula is C16H23IN2O. The Hall–Kier alpha value is -0.170. The summed E-state index contributed by atoms with van der Waals surface area (Å²) in [6.45, 7) is 6.41. The van der Waals surface area contributed by atoms with Gasteiger partial charge in [-0.25, -0.2) is 0 Å². The van der Waals surface area contributed by atoms with Gasteiger partial charge < -0.3 is 10.1 Å². The molecule has 4 heteroatoms. The molecule has 0 bridgehead atoms. The molecular weight excluding hydrogens is 363 g/mol. The first-order chi connectivity index (χ1) is 9.84. The Balaban J connectivity index is 1.85. The van der Waals surface area contributed by atoms with Crippen LogP contribution in [0.5, 0.6) is 0 Å². The van der Waals surface area contributed by atoms with Gasteiger partial charge in [-0.2, -0.15) is 0 Å². The van der Waals surface area contributed by atoms with Crippen LogP contribution in [-0.2, 0) is 4.74 Å². The van der Waals surface area contributed by atoms with Crippen molar-refractivity contribution in [3.05, 3.63) is 33.4 Å². The Kier molecular flexibility index (Phi) is 5.31. The molecule has 110 valence electrons. The highest BCUT2D eigenvalue weighted by Gasteiger charge is 2.31. The second kappa shape index (κ2) is 7.20. The third-order valence-corrected chi connectivity index (χ3v) is 5.12. The van der Waals surface area contributed by atoms with Crippen LogP contribution in [0.4, 0.5) is 0 Å². The van der Waals surface area contributed by atoms with Gasteiger partial charge in [0.1, 0.15) is 0 Å². The fraction of sp³-hybridized carbons (Fsp3) is 0.625. The van der Waals surface area contributed by atoms with Crippen molar-refractivity contribution in [2.75, 3.05) is 39.4 Å². The fourth-order valence-electron chi connectivity index (χ4n) is 3.46. The zero-order valence-electron chi connectivity index (χ0n) is 11.9. The van der Waals surface area contributed by atoms with Crippen LogP contribution in [0.2, 0.25) is 0 Å². The number of nitrogens with zero attached hydrogens (tertiary/aromatic N) is 1. The summed E-state index contributed by atoms with van der Waals surface area (Å²) in [7, 11) is 0. The average molecular weight is 386 g/mol. The summed E-state index contributed by atoms with van der Waals surface area (Å²) in [5, 5.41) is 3.47. The Bertz CT molecular complexity index is 410. The van der Waals surface area contributed by atoms with E-state index in [-0.39, 0.29) is 0 Å². The molecule has 3 rings (SSSR count). The zero-order chi connectivity index (χ0) is 13.8. The largest absolute Gasteiger partial charge is 0.381 e. The van der Waals surface area contributed by atoms with E-state index in [1.54, 1.807) is 0 Å². The van der Waals surface area contributed by atoms with E-state index in [1.165, 1.54) is 22.0 Å². The van der Waals surface area contributed by atoms with Gasteiger partial charge in [0.15, 0.2) is 0 Å². The summed E-state index contributed by atoms with van der Waals surface area (Å²) < 4.78 is 6.90. The number of piperazine rings is 1. The van der Waals surface area contributed by atoms with Gasteiger partial charge in [0, 0.05) is 49.0 Å². The maximum atomic E-state index is 5.56. The van der Waals surface area contributed by atoms with Crippen molar-refractivity contribution in [1.82, 2.24) is 10.2 Å². The smallest absolute Gasteiger partial charge is 0.0469 e. The number of ether oxygens (including phenoxy) is 1. The van der Waals surface area contributed by atoms with Crippen molar-refractivity contribution >= 4 is 22.6 Å². The Morgan fingerprint density at radius 3 is 2.65 bits per heavy atom. The highest BCUT2D eigenvalue weighted by molar-refractivity contribution is 14.1. The van der Waals surface area contributed by atoms with Gasteiger partial charge in [0.2, 0.25) is 0 Å². The molecule has 0 aliphatic carbocycles. The second-order valence-corrected chi connectivity index (χ2v) is 6.98. The van der Waals surface area contributed by atoms with Crippen molar-refractivity contribution in [2.45, 2.75) is 18.9 Å². The molecule has 1 N–H and O–H groups in total. The number of nitrogens with one attached hydrogen (secondary N) is 1. The minimum atomic E-state index is 0.565. The van der Waals surface area contributed by atoms with Crippen molar-refractivity contribution in [3.8, 4) is 0 Å². The average Bonchev–Trinajstić information content (AvgIpc) is 2.50. The molecule has 2 aliphatic rings. The van der Waals surface area contributed by atoms with Crippen LogP contribution in [0.1, 0.15) is 24.4 Å². The van der Waals surface area contributed by atoms with Crippen LogP contribution >= 0.6 is 22.6 Å². The van der Waals surface area contributed by atoms with E-state index >= 15 is 0 Å². The summed E-state index contributed by atoms with van der Waals surface area (Å²) >= 11 is 2.42. The Labute approximate surface area is 135 Å². The van der Waals surface area contributed by atoms with E-state index in [4.69, 9.17) is 4.74 Å². The van der Waals surface area contributed by atoms with Crippen LogP contribution in [0.15, 0.2) is 24.3 Å². The molecule has 2 heterocycles. The van der Waals surface area contributed by atoms with Crippen molar-refractivity contribution < 1.29 is 4.74 Å². The third-order valence-electron chi connectivity index (χ3n) is 4.45. The summed E-state index contributed by atoms with van der Waals surface area (Å²) in [6, 6.07) is 9.62. The lowest BCUT2D eigenvalue weighted by Gasteiger charge is -2.41.